The van der Waals surface area contributed by atoms with Gasteiger partial charge >= 0.3 is 6.18 Å². The normalized spacial score (nSPS) is 19.6. The first-order valence-electron chi connectivity index (χ1n) is 8.42. The smallest absolute Gasteiger partial charge is 0.338 e. The van der Waals surface area contributed by atoms with Crippen molar-refractivity contribution in [1.82, 2.24) is 15.2 Å². The summed E-state index contributed by atoms with van der Waals surface area (Å²) in [5, 5.41) is 3.54. The molecule has 3 rings (SSSR count). The van der Waals surface area contributed by atoms with Gasteiger partial charge in [-0.3, -0.25) is 4.79 Å². The fourth-order valence-electron chi connectivity index (χ4n) is 3.06. The Balaban J connectivity index is 1.58. The number of carbonyl (C=O) groups excluding carboxylic acids is 1. The van der Waals surface area contributed by atoms with E-state index in [4.69, 9.17) is 0 Å². The first kappa shape index (κ1) is 17.2. The maximum Gasteiger partial charge on any atom is 0.433 e. The Labute approximate surface area is 139 Å². The summed E-state index contributed by atoms with van der Waals surface area (Å²) < 4.78 is 38.0. The molecule has 2 fully saturated rings. The van der Waals surface area contributed by atoms with Gasteiger partial charge in [-0.2, -0.15) is 13.2 Å². The van der Waals surface area contributed by atoms with Gasteiger partial charge in [0.2, 0.25) is 0 Å². The molecule has 1 aromatic rings. The van der Waals surface area contributed by atoms with Gasteiger partial charge in [0.1, 0.15) is 5.69 Å². The van der Waals surface area contributed by atoms with Crippen molar-refractivity contribution >= 4 is 5.91 Å². The van der Waals surface area contributed by atoms with E-state index in [9.17, 15) is 18.0 Å². The van der Waals surface area contributed by atoms with Gasteiger partial charge in [0.15, 0.2) is 0 Å². The maximum atomic E-state index is 12.7. The van der Waals surface area contributed by atoms with Gasteiger partial charge in [-0.1, -0.05) is 0 Å². The van der Waals surface area contributed by atoms with E-state index in [1.165, 1.54) is 25.8 Å². The van der Waals surface area contributed by atoms with Crippen molar-refractivity contribution in [2.45, 2.75) is 44.8 Å². The number of piperidine rings is 1. The predicted octanol–water partition coefficient (Wildman–Crippen LogP) is 3.01. The molecule has 1 aliphatic carbocycles. The Morgan fingerprint density at radius 2 is 1.92 bits per heavy atom. The standard InChI is InChI=1S/C17H22F3N3O/c1-11-14(4-5-15(22-11)17(18,19)20)16(24)23-8-6-13(7-9-23)21-10-12-2-3-12/h4-5,12-13,21H,2-3,6-10H2,1H3. The van der Waals surface area contributed by atoms with E-state index in [0.717, 1.165) is 31.4 Å². The van der Waals surface area contributed by atoms with Crippen LogP contribution >= 0.6 is 0 Å². The quantitative estimate of drug-likeness (QED) is 0.916. The van der Waals surface area contributed by atoms with Crippen LogP contribution in [0.1, 0.15) is 47.4 Å². The van der Waals surface area contributed by atoms with Crippen molar-refractivity contribution in [2.75, 3.05) is 19.6 Å². The molecule has 1 saturated heterocycles. The van der Waals surface area contributed by atoms with Crippen molar-refractivity contribution in [2.24, 2.45) is 5.92 Å². The summed E-state index contributed by atoms with van der Waals surface area (Å²) in [4.78, 5) is 17.8. The lowest BCUT2D eigenvalue weighted by molar-refractivity contribution is -0.141. The average Bonchev–Trinajstić information content (AvgIpc) is 3.36. The van der Waals surface area contributed by atoms with Crippen LogP contribution in [0, 0.1) is 12.8 Å². The zero-order valence-electron chi connectivity index (χ0n) is 13.7. The van der Waals surface area contributed by atoms with Crippen LogP contribution in [0.3, 0.4) is 0 Å². The van der Waals surface area contributed by atoms with E-state index in [2.05, 4.69) is 10.3 Å². The number of nitrogens with one attached hydrogen (secondary N) is 1. The van der Waals surface area contributed by atoms with Crippen molar-refractivity contribution in [3.05, 3.63) is 29.1 Å². The minimum absolute atomic E-state index is 0.129. The van der Waals surface area contributed by atoms with Crippen LogP contribution in [0.5, 0.6) is 0 Å². The lowest BCUT2D eigenvalue weighted by atomic mass is 10.0. The monoisotopic (exact) mass is 341 g/mol. The highest BCUT2D eigenvalue weighted by atomic mass is 19.4. The molecule has 132 valence electrons. The molecule has 7 heteroatoms. The summed E-state index contributed by atoms with van der Waals surface area (Å²) in [6.07, 6.45) is -0.107. The average molecular weight is 341 g/mol. The summed E-state index contributed by atoms with van der Waals surface area (Å²) in [5.41, 5.74) is -0.573. The molecule has 1 amide bonds. The maximum absolute atomic E-state index is 12.7. The van der Waals surface area contributed by atoms with Gasteiger partial charge in [0.25, 0.3) is 5.91 Å². The number of aromatic nitrogens is 1. The molecule has 2 aliphatic rings. The zero-order valence-corrected chi connectivity index (χ0v) is 13.7. The molecular formula is C17H22F3N3O. The molecule has 1 N–H and O–H groups in total. The van der Waals surface area contributed by atoms with Crippen LogP contribution in [0.2, 0.25) is 0 Å². The Bertz CT molecular complexity index is 606. The van der Waals surface area contributed by atoms with Gasteiger partial charge < -0.3 is 10.2 Å². The Morgan fingerprint density at radius 1 is 1.25 bits per heavy atom. The molecule has 1 aliphatic heterocycles. The van der Waals surface area contributed by atoms with Crippen LogP contribution in [0.25, 0.3) is 0 Å². The molecule has 4 nitrogen and oxygen atoms in total. The molecule has 0 bridgehead atoms. The minimum Gasteiger partial charge on any atom is -0.338 e. The van der Waals surface area contributed by atoms with Crippen LogP contribution in [0.15, 0.2) is 12.1 Å². The topological polar surface area (TPSA) is 45.2 Å². The highest BCUT2D eigenvalue weighted by Gasteiger charge is 2.33. The van der Waals surface area contributed by atoms with Gasteiger partial charge in [-0.15, -0.1) is 0 Å². The van der Waals surface area contributed by atoms with Crippen molar-refractivity contribution in [1.29, 1.82) is 0 Å². The second-order valence-corrected chi connectivity index (χ2v) is 6.75. The fourth-order valence-corrected chi connectivity index (χ4v) is 3.06. The third-order valence-corrected chi connectivity index (χ3v) is 4.78. The van der Waals surface area contributed by atoms with E-state index in [1.54, 1.807) is 4.90 Å². The molecule has 24 heavy (non-hydrogen) atoms. The Hall–Kier alpha value is -1.63. The molecule has 0 radical (unpaired) electrons. The highest BCUT2D eigenvalue weighted by Crippen LogP contribution is 2.29. The number of amides is 1. The van der Waals surface area contributed by atoms with Crippen LogP contribution < -0.4 is 5.32 Å². The minimum atomic E-state index is -4.49. The molecule has 1 aromatic heterocycles. The Kier molecular flexibility index (Phi) is 4.80. The Morgan fingerprint density at radius 3 is 2.46 bits per heavy atom. The van der Waals surface area contributed by atoms with E-state index < -0.39 is 11.9 Å². The first-order valence-corrected chi connectivity index (χ1v) is 8.42. The van der Waals surface area contributed by atoms with Gasteiger partial charge in [-0.05, 0) is 57.2 Å². The first-order chi connectivity index (χ1) is 11.3. The molecule has 0 spiro atoms. The number of hydrogen-bond acceptors (Lipinski definition) is 3. The summed E-state index contributed by atoms with van der Waals surface area (Å²) >= 11 is 0. The largest absolute Gasteiger partial charge is 0.433 e. The SMILES string of the molecule is Cc1nc(C(F)(F)F)ccc1C(=O)N1CCC(NCC2CC2)CC1. The van der Waals surface area contributed by atoms with Crippen LogP contribution in [0.4, 0.5) is 13.2 Å². The van der Waals surface area contributed by atoms with Crippen molar-refractivity contribution in [3.8, 4) is 0 Å². The van der Waals surface area contributed by atoms with Crippen LogP contribution in [-0.4, -0.2) is 41.5 Å². The summed E-state index contributed by atoms with van der Waals surface area (Å²) in [7, 11) is 0. The number of alkyl halides is 3. The molecule has 1 saturated carbocycles. The van der Waals surface area contributed by atoms with Crippen LogP contribution in [-0.2, 0) is 6.18 Å². The van der Waals surface area contributed by atoms with Crippen molar-refractivity contribution < 1.29 is 18.0 Å². The molecular weight excluding hydrogens is 319 g/mol. The number of carbonyl (C=O) groups is 1. The lowest BCUT2D eigenvalue weighted by Crippen LogP contribution is -2.45. The predicted molar refractivity (Wildman–Crippen MR) is 83.6 cm³/mol. The molecule has 0 unspecified atom stereocenters. The summed E-state index contributed by atoms with van der Waals surface area (Å²) in [6, 6.07) is 2.55. The third kappa shape index (κ3) is 4.06. The number of rotatable bonds is 4. The number of likely N-dealkylation sites (tertiary alicyclic amines) is 1. The number of aryl methyl sites for hydroxylation is 1. The molecule has 0 aromatic carbocycles. The molecule has 2 heterocycles. The summed E-state index contributed by atoms with van der Waals surface area (Å²) in [5.74, 6) is 0.597. The number of halogens is 3. The fraction of sp³-hybridized carbons (Fsp3) is 0.647. The number of pyridine rings is 1. The summed E-state index contributed by atoms with van der Waals surface area (Å²) in [6.45, 7) is 3.76. The third-order valence-electron chi connectivity index (χ3n) is 4.78. The van der Waals surface area contributed by atoms with E-state index in [0.29, 0.717) is 19.1 Å². The van der Waals surface area contributed by atoms with E-state index in [-0.39, 0.29) is 17.2 Å². The molecule has 0 atom stereocenters. The van der Waals surface area contributed by atoms with E-state index >= 15 is 0 Å². The second-order valence-electron chi connectivity index (χ2n) is 6.75. The van der Waals surface area contributed by atoms with Crippen molar-refractivity contribution in [3.63, 3.8) is 0 Å². The second kappa shape index (κ2) is 6.70. The van der Waals surface area contributed by atoms with E-state index in [1.807, 2.05) is 0 Å². The lowest BCUT2D eigenvalue weighted by Gasteiger charge is -2.33. The zero-order chi connectivity index (χ0) is 17.3. The van der Waals surface area contributed by atoms with Gasteiger partial charge in [0.05, 0.1) is 11.3 Å². The number of hydrogen-bond donors (Lipinski definition) is 1. The van der Waals surface area contributed by atoms with Gasteiger partial charge in [-0.25, -0.2) is 4.98 Å². The highest BCUT2D eigenvalue weighted by molar-refractivity contribution is 5.95. The van der Waals surface area contributed by atoms with Gasteiger partial charge in [0, 0.05) is 19.1 Å². The number of nitrogens with zero attached hydrogens (tertiary/aromatic N) is 2.